The van der Waals surface area contributed by atoms with Gasteiger partial charge >= 0.3 is 0 Å². The highest BCUT2D eigenvalue weighted by molar-refractivity contribution is 5.21. The third kappa shape index (κ3) is 1.71. The van der Waals surface area contributed by atoms with E-state index in [1.807, 2.05) is 20.8 Å². The molecule has 0 aliphatic carbocycles. The van der Waals surface area contributed by atoms with Crippen LogP contribution in [0, 0.1) is 20.8 Å². The van der Waals surface area contributed by atoms with Crippen LogP contribution in [0.5, 0.6) is 0 Å². The smallest absolute Gasteiger partial charge is 0.138 e. The third-order valence-corrected chi connectivity index (χ3v) is 2.72. The Bertz CT molecular complexity index is 481. The predicted octanol–water partition coefficient (Wildman–Crippen LogP) is 0.732. The van der Waals surface area contributed by atoms with E-state index in [0.717, 1.165) is 22.7 Å². The number of hydrogen-bond acceptors (Lipinski definition) is 5. The lowest BCUT2D eigenvalue weighted by Crippen LogP contribution is -2.06. The first kappa shape index (κ1) is 10.8. The number of aryl methyl sites for hydroxylation is 2. The molecule has 2 aromatic rings. The number of nitrogens with zero attached hydrogens (tertiary/aromatic N) is 4. The molecule has 6 heteroatoms. The summed E-state index contributed by atoms with van der Waals surface area (Å²) in [6, 6.07) is 0. The quantitative estimate of drug-likeness (QED) is 0.828. The van der Waals surface area contributed by atoms with E-state index < -0.39 is 0 Å². The predicted molar refractivity (Wildman–Crippen MR) is 55.8 cm³/mol. The van der Waals surface area contributed by atoms with Crippen LogP contribution in [0.25, 0.3) is 0 Å². The molecule has 0 saturated heterocycles. The van der Waals surface area contributed by atoms with Crippen LogP contribution >= 0.6 is 0 Å². The first-order valence-electron chi connectivity index (χ1n) is 5.05. The fourth-order valence-electron chi connectivity index (χ4n) is 1.57. The van der Waals surface area contributed by atoms with Crippen molar-refractivity contribution in [3.05, 3.63) is 28.4 Å². The Morgan fingerprint density at radius 3 is 2.56 bits per heavy atom. The molecule has 0 fully saturated rings. The molecule has 1 N–H and O–H groups in total. The van der Waals surface area contributed by atoms with E-state index in [9.17, 15) is 0 Å². The second kappa shape index (κ2) is 4.05. The van der Waals surface area contributed by atoms with Gasteiger partial charge in [0.1, 0.15) is 11.5 Å². The van der Waals surface area contributed by atoms with Gasteiger partial charge in [0.25, 0.3) is 0 Å². The van der Waals surface area contributed by atoms with Crippen LogP contribution in [0.3, 0.4) is 0 Å². The van der Waals surface area contributed by atoms with Crippen molar-refractivity contribution >= 4 is 0 Å². The molecule has 0 saturated carbocycles. The molecule has 6 nitrogen and oxygen atoms in total. The summed E-state index contributed by atoms with van der Waals surface area (Å²) < 4.78 is 6.81. The van der Waals surface area contributed by atoms with Gasteiger partial charge in [0.15, 0.2) is 0 Å². The molecule has 0 bridgehead atoms. The number of aliphatic hydroxyl groups excluding tert-OH is 1. The molecule has 0 spiro atoms. The van der Waals surface area contributed by atoms with Crippen molar-refractivity contribution in [1.82, 2.24) is 20.2 Å². The Morgan fingerprint density at radius 2 is 2.06 bits per heavy atom. The highest BCUT2D eigenvalue weighted by atomic mass is 16.5. The van der Waals surface area contributed by atoms with Gasteiger partial charge in [-0.2, -0.15) is 0 Å². The molecule has 0 aliphatic rings. The minimum absolute atomic E-state index is 0.0898. The van der Waals surface area contributed by atoms with Crippen molar-refractivity contribution in [3.63, 3.8) is 0 Å². The van der Waals surface area contributed by atoms with E-state index in [2.05, 4.69) is 15.5 Å². The van der Waals surface area contributed by atoms with Gasteiger partial charge in [-0.3, -0.25) is 0 Å². The van der Waals surface area contributed by atoms with Crippen LogP contribution in [0.4, 0.5) is 0 Å². The molecule has 0 amide bonds. The van der Waals surface area contributed by atoms with Gasteiger partial charge in [0.05, 0.1) is 24.5 Å². The molecule has 86 valence electrons. The highest BCUT2D eigenvalue weighted by Crippen LogP contribution is 2.15. The van der Waals surface area contributed by atoms with E-state index in [1.165, 1.54) is 0 Å². The fraction of sp³-hybridized carbons (Fsp3) is 0.500. The molecule has 0 atom stereocenters. The number of rotatable bonds is 3. The molecule has 0 unspecified atom stereocenters. The van der Waals surface area contributed by atoms with Crippen molar-refractivity contribution in [3.8, 4) is 0 Å². The molecule has 0 radical (unpaired) electrons. The van der Waals surface area contributed by atoms with Gasteiger partial charge in [0.2, 0.25) is 0 Å². The van der Waals surface area contributed by atoms with Crippen LogP contribution in [-0.2, 0) is 13.2 Å². The summed E-state index contributed by atoms with van der Waals surface area (Å²) in [5.74, 6) is 0.790. The van der Waals surface area contributed by atoms with E-state index in [0.29, 0.717) is 12.2 Å². The van der Waals surface area contributed by atoms with Gasteiger partial charge in [-0.15, -0.1) is 5.10 Å². The van der Waals surface area contributed by atoms with Crippen molar-refractivity contribution in [2.75, 3.05) is 0 Å². The number of aliphatic hydroxyl groups is 1. The summed E-state index contributed by atoms with van der Waals surface area (Å²) >= 11 is 0. The third-order valence-electron chi connectivity index (χ3n) is 2.72. The monoisotopic (exact) mass is 222 g/mol. The first-order valence-corrected chi connectivity index (χ1v) is 5.05. The zero-order valence-corrected chi connectivity index (χ0v) is 9.56. The minimum atomic E-state index is -0.0898. The maximum atomic E-state index is 9.02. The van der Waals surface area contributed by atoms with Gasteiger partial charge < -0.3 is 9.63 Å². The van der Waals surface area contributed by atoms with Crippen LogP contribution < -0.4 is 0 Å². The second-order valence-electron chi connectivity index (χ2n) is 3.74. The Kier molecular flexibility index (Phi) is 2.74. The standard InChI is InChI=1S/C10H14N4O2/c1-6-9(8(3)16-12-6)4-14-7(2)10(5-15)11-13-14/h15H,4-5H2,1-3H3. The van der Waals surface area contributed by atoms with E-state index in [-0.39, 0.29) is 6.61 Å². The van der Waals surface area contributed by atoms with Crippen molar-refractivity contribution in [1.29, 1.82) is 0 Å². The maximum Gasteiger partial charge on any atom is 0.138 e. The molecule has 2 rings (SSSR count). The van der Waals surface area contributed by atoms with E-state index >= 15 is 0 Å². The van der Waals surface area contributed by atoms with Crippen molar-refractivity contribution in [2.24, 2.45) is 0 Å². The highest BCUT2D eigenvalue weighted by Gasteiger charge is 2.13. The zero-order chi connectivity index (χ0) is 11.7. The van der Waals surface area contributed by atoms with Crippen molar-refractivity contribution < 1.29 is 9.63 Å². The summed E-state index contributed by atoms with van der Waals surface area (Å²) in [5.41, 5.74) is 3.34. The van der Waals surface area contributed by atoms with Gasteiger partial charge in [0, 0.05) is 5.56 Å². The number of hydrogen-bond donors (Lipinski definition) is 1. The number of aromatic nitrogens is 4. The summed E-state index contributed by atoms with van der Waals surface area (Å²) in [7, 11) is 0. The lowest BCUT2D eigenvalue weighted by Gasteiger charge is -2.02. The van der Waals surface area contributed by atoms with Gasteiger partial charge in [-0.1, -0.05) is 10.4 Å². The topological polar surface area (TPSA) is 77.0 Å². The van der Waals surface area contributed by atoms with Crippen LogP contribution in [-0.4, -0.2) is 25.3 Å². The normalized spacial score (nSPS) is 11.0. The van der Waals surface area contributed by atoms with Crippen molar-refractivity contribution in [2.45, 2.75) is 33.9 Å². The molecule has 2 aromatic heterocycles. The lowest BCUT2D eigenvalue weighted by molar-refractivity contribution is 0.276. The largest absolute Gasteiger partial charge is 0.390 e. The Labute approximate surface area is 92.9 Å². The fourth-order valence-corrected chi connectivity index (χ4v) is 1.57. The molecule has 16 heavy (non-hydrogen) atoms. The first-order chi connectivity index (χ1) is 7.63. The molecular weight excluding hydrogens is 208 g/mol. The maximum absolute atomic E-state index is 9.02. The molecule has 0 aliphatic heterocycles. The summed E-state index contributed by atoms with van der Waals surface area (Å²) in [6.45, 7) is 6.12. The summed E-state index contributed by atoms with van der Waals surface area (Å²) in [6.07, 6.45) is 0. The van der Waals surface area contributed by atoms with Crippen LogP contribution in [0.1, 0.15) is 28.4 Å². The van der Waals surface area contributed by atoms with E-state index in [1.54, 1.807) is 4.68 Å². The second-order valence-corrected chi connectivity index (χ2v) is 3.74. The average molecular weight is 222 g/mol. The Morgan fingerprint density at radius 1 is 1.31 bits per heavy atom. The zero-order valence-electron chi connectivity index (χ0n) is 9.56. The average Bonchev–Trinajstić information content (AvgIpc) is 2.77. The van der Waals surface area contributed by atoms with Gasteiger partial charge in [-0.25, -0.2) is 4.68 Å². The lowest BCUT2D eigenvalue weighted by atomic mass is 10.2. The summed E-state index contributed by atoms with van der Waals surface area (Å²) in [5, 5.41) is 20.8. The molecule has 0 aromatic carbocycles. The Balaban J connectivity index is 2.30. The van der Waals surface area contributed by atoms with E-state index in [4.69, 9.17) is 9.63 Å². The SMILES string of the molecule is Cc1noc(C)c1Cn1nnc(CO)c1C. The van der Waals surface area contributed by atoms with Crippen LogP contribution in [0.15, 0.2) is 4.52 Å². The van der Waals surface area contributed by atoms with Crippen LogP contribution in [0.2, 0.25) is 0 Å². The molecule has 2 heterocycles. The summed E-state index contributed by atoms with van der Waals surface area (Å²) in [4.78, 5) is 0. The van der Waals surface area contributed by atoms with Gasteiger partial charge in [-0.05, 0) is 20.8 Å². The molecular formula is C10H14N4O2. The minimum Gasteiger partial charge on any atom is -0.390 e. The Hall–Kier alpha value is -1.69.